The van der Waals surface area contributed by atoms with Gasteiger partial charge in [0.1, 0.15) is 17.7 Å². The molecule has 1 N–H and O–H groups in total. The van der Waals surface area contributed by atoms with Crippen molar-refractivity contribution in [1.29, 1.82) is 5.26 Å². The molecule has 5 rings (SSSR count). The number of rotatable bonds is 7. The number of nitrogens with zero attached hydrogens (tertiary/aromatic N) is 7. The standard InChI is InChI=1S/C28H34N8O2/c1-5-26(37)34-11-13-35(14-12-34)27-20-9-10-36(25-8-6-7-23-22(25)16-30-32-23)18-24(20)31-28(21(27)15-29)38-19(2)17-33(3)4/h5-8,16,19H,1,9-14,17-18H2,2-4H3,(H,30,32). The van der Waals surface area contributed by atoms with Gasteiger partial charge in [-0.2, -0.15) is 10.4 Å². The third kappa shape index (κ3) is 4.89. The predicted molar refractivity (Wildman–Crippen MR) is 147 cm³/mol. The van der Waals surface area contributed by atoms with Crippen LogP contribution in [-0.4, -0.2) is 90.4 Å². The van der Waals surface area contributed by atoms with E-state index in [4.69, 9.17) is 9.72 Å². The van der Waals surface area contributed by atoms with Gasteiger partial charge in [-0.15, -0.1) is 0 Å². The molecule has 4 heterocycles. The van der Waals surface area contributed by atoms with Crippen molar-refractivity contribution in [3.05, 3.63) is 53.9 Å². The Hall–Kier alpha value is -4.10. The molecule has 0 spiro atoms. The maximum Gasteiger partial charge on any atom is 0.246 e. The van der Waals surface area contributed by atoms with Gasteiger partial charge < -0.3 is 24.3 Å². The molecular weight excluding hydrogens is 480 g/mol. The quantitative estimate of drug-likeness (QED) is 0.480. The van der Waals surface area contributed by atoms with Crippen molar-refractivity contribution in [1.82, 2.24) is 25.0 Å². The average Bonchev–Trinajstić information content (AvgIpc) is 3.40. The lowest BCUT2D eigenvalue weighted by Gasteiger charge is -2.39. The molecule has 1 unspecified atom stereocenters. The van der Waals surface area contributed by atoms with Crippen molar-refractivity contribution in [3.63, 3.8) is 0 Å². The SMILES string of the molecule is C=CC(=O)N1CCN(c2c(C#N)c(OC(C)CN(C)C)nc3c2CCN(c2cccc4[nH]ncc24)C3)CC1. The first-order valence-corrected chi connectivity index (χ1v) is 13.0. The van der Waals surface area contributed by atoms with Crippen LogP contribution in [0.25, 0.3) is 10.9 Å². The lowest BCUT2D eigenvalue weighted by molar-refractivity contribution is -0.126. The van der Waals surface area contributed by atoms with E-state index in [2.05, 4.69) is 43.6 Å². The molecule has 1 saturated heterocycles. The van der Waals surface area contributed by atoms with Crippen LogP contribution >= 0.6 is 0 Å². The van der Waals surface area contributed by atoms with Crippen LogP contribution < -0.4 is 14.5 Å². The lowest BCUT2D eigenvalue weighted by atomic mass is 9.97. The van der Waals surface area contributed by atoms with Crippen molar-refractivity contribution in [2.75, 3.05) is 63.2 Å². The number of aromatic nitrogens is 3. The van der Waals surface area contributed by atoms with Gasteiger partial charge in [-0.1, -0.05) is 12.6 Å². The Kier molecular flexibility index (Phi) is 7.20. The minimum atomic E-state index is -0.142. The Morgan fingerprint density at radius 2 is 2.05 bits per heavy atom. The molecule has 1 aromatic carbocycles. The highest BCUT2D eigenvalue weighted by Gasteiger charge is 2.31. The second kappa shape index (κ2) is 10.7. The van der Waals surface area contributed by atoms with E-state index in [1.807, 2.05) is 39.3 Å². The number of aromatic amines is 1. The minimum absolute atomic E-state index is 0.0625. The zero-order valence-corrected chi connectivity index (χ0v) is 22.3. The Bertz CT molecular complexity index is 1380. The van der Waals surface area contributed by atoms with Crippen LogP contribution in [-0.2, 0) is 17.8 Å². The molecule has 0 saturated carbocycles. The first-order chi connectivity index (χ1) is 18.4. The Balaban J connectivity index is 1.53. The van der Waals surface area contributed by atoms with Crippen LogP contribution in [0.1, 0.15) is 23.7 Å². The topological polar surface area (TPSA) is 105 Å². The third-order valence-corrected chi connectivity index (χ3v) is 7.23. The summed E-state index contributed by atoms with van der Waals surface area (Å²) in [5.41, 5.74) is 5.49. The number of carbonyl (C=O) groups is 1. The van der Waals surface area contributed by atoms with E-state index in [9.17, 15) is 10.1 Å². The monoisotopic (exact) mass is 514 g/mol. The molecule has 38 heavy (non-hydrogen) atoms. The summed E-state index contributed by atoms with van der Waals surface area (Å²) in [6, 6.07) is 8.58. The number of carbonyl (C=O) groups excluding carboxylic acids is 1. The Labute approximate surface area is 223 Å². The van der Waals surface area contributed by atoms with E-state index in [-0.39, 0.29) is 12.0 Å². The summed E-state index contributed by atoms with van der Waals surface area (Å²) in [7, 11) is 3.99. The van der Waals surface area contributed by atoms with Gasteiger partial charge in [0.05, 0.1) is 29.6 Å². The van der Waals surface area contributed by atoms with E-state index in [0.717, 1.165) is 46.5 Å². The summed E-state index contributed by atoms with van der Waals surface area (Å²) in [6.45, 7) is 10.1. The second-order valence-corrected chi connectivity index (χ2v) is 10.2. The summed E-state index contributed by atoms with van der Waals surface area (Å²) >= 11 is 0. The molecule has 2 aliphatic rings. The number of ether oxygens (including phenoxy) is 1. The second-order valence-electron chi connectivity index (χ2n) is 10.2. The Morgan fingerprint density at radius 3 is 2.76 bits per heavy atom. The van der Waals surface area contributed by atoms with Gasteiger partial charge in [-0.25, -0.2) is 4.98 Å². The summed E-state index contributed by atoms with van der Waals surface area (Å²) < 4.78 is 6.31. The zero-order valence-electron chi connectivity index (χ0n) is 22.3. The first kappa shape index (κ1) is 25.5. The third-order valence-electron chi connectivity index (χ3n) is 7.23. The molecule has 2 aliphatic heterocycles. The number of pyridine rings is 1. The molecular formula is C28H34N8O2. The van der Waals surface area contributed by atoms with Gasteiger partial charge in [0.2, 0.25) is 11.8 Å². The van der Waals surface area contributed by atoms with Crippen LogP contribution in [0.3, 0.4) is 0 Å². The smallest absolute Gasteiger partial charge is 0.246 e. The van der Waals surface area contributed by atoms with Crippen molar-refractivity contribution in [3.8, 4) is 11.9 Å². The van der Waals surface area contributed by atoms with Crippen molar-refractivity contribution < 1.29 is 9.53 Å². The predicted octanol–water partition coefficient (Wildman–Crippen LogP) is 2.56. The van der Waals surface area contributed by atoms with Crippen molar-refractivity contribution in [2.45, 2.75) is 26.0 Å². The van der Waals surface area contributed by atoms with Crippen LogP contribution in [0.2, 0.25) is 0 Å². The molecule has 0 radical (unpaired) electrons. The number of benzene rings is 1. The number of anilines is 2. The van der Waals surface area contributed by atoms with Gasteiger partial charge in [0.25, 0.3) is 0 Å². The number of fused-ring (bicyclic) bond motifs is 2. The van der Waals surface area contributed by atoms with Crippen molar-refractivity contribution >= 4 is 28.2 Å². The number of H-pyrrole nitrogens is 1. The summed E-state index contributed by atoms with van der Waals surface area (Å²) in [4.78, 5) is 25.5. The number of nitriles is 1. The molecule has 3 aromatic rings. The zero-order chi connectivity index (χ0) is 26.8. The number of piperazine rings is 1. The minimum Gasteiger partial charge on any atom is -0.472 e. The van der Waals surface area contributed by atoms with Crippen LogP contribution in [0.15, 0.2) is 37.1 Å². The van der Waals surface area contributed by atoms with E-state index in [1.165, 1.54) is 6.08 Å². The average molecular weight is 515 g/mol. The fourth-order valence-corrected chi connectivity index (χ4v) is 5.53. The highest BCUT2D eigenvalue weighted by molar-refractivity contribution is 5.91. The van der Waals surface area contributed by atoms with Crippen molar-refractivity contribution in [2.24, 2.45) is 0 Å². The normalized spacial score (nSPS) is 16.3. The molecule has 10 nitrogen and oxygen atoms in total. The fraction of sp³-hybridized carbons (Fsp3) is 0.429. The maximum absolute atomic E-state index is 12.2. The van der Waals surface area contributed by atoms with Crippen LogP contribution in [0, 0.1) is 11.3 Å². The molecule has 0 aliphatic carbocycles. The van der Waals surface area contributed by atoms with Gasteiger partial charge in [0, 0.05) is 55.9 Å². The largest absolute Gasteiger partial charge is 0.472 e. The number of likely N-dealkylation sites (N-methyl/N-ethyl adjacent to an activating group) is 1. The van der Waals surface area contributed by atoms with Gasteiger partial charge in [0.15, 0.2) is 0 Å². The molecule has 10 heteroatoms. The molecule has 2 aromatic heterocycles. The Morgan fingerprint density at radius 1 is 1.26 bits per heavy atom. The van der Waals surface area contributed by atoms with Gasteiger partial charge >= 0.3 is 0 Å². The van der Waals surface area contributed by atoms with E-state index in [1.54, 1.807) is 4.90 Å². The highest BCUT2D eigenvalue weighted by atomic mass is 16.5. The van der Waals surface area contributed by atoms with E-state index in [0.29, 0.717) is 50.7 Å². The van der Waals surface area contributed by atoms with E-state index >= 15 is 0 Å². The lowest BCUT2D eigenvalue weighted by Crippen LogP contribution is -2.49. The number of nitrogens with one attached hydrogen (secondary N) is 1. The van der Waals surface area contributed by atoms with Gasteiger partial charge in [-0.05, 0) is 45.6 Å². The number of hydrogen-bond acceptors (Lipinski definition) is 8. The molecule has 0 bridgehead atoms. The maximum atomic E-state index is 12.2. The molecule has 1 fully saturated rings. The number of amides is 1. The van der Waals surface area contributed by atoms with E-state index < -0.39 is 0 Å². The summed E-state index contributed by atoms with van der Waals surface area (Å²) in [5, 5.41) is 18.7. The fourth-order valence-electron chi connectivity index (χ4n) is 5.53. The molecule has 1 amide bonds. The molecule has 198 valence electrons. The molecule has 1 atom stereocenters. The van der Waals surface area contributed by atoms with Gasteiger partial charge in [-0.3, -0.25) is 9.89 Å². The highest BCUT2D eigenvalue weighted by Crippen LogP contribution is 2.39. The summed E-state index contributed by atoms with van der Waals surface area (Å²) in [6.07, 6.45) is 3.83. The summed E-state index contributed by atoms with van der Waals surface area (Å²) in [5.74, 6) is 0.316. The van der Waals surface area contributed by atoms with Crippen LogP contribution in [0.5, 0.6) is 5.88 Å². The first-order valence-electron chi connectivity index (χ1n) is 13.0. The van der Waals surface area contributed by atoms with Crippen LogP contribution in [0.4, 0.5) is 11.4 Å². The number of hydrogen-bond donors (Lipinski definition) is 1.